The van der Waals surface area contributed by atoms with Gasteiger partial charge in [-0.25, -0.2) is 0 Å². The number of methoxy groups -OCH3 is 1. The molecule has 5 heteroatoms. The number of nitrogen functional groups attached to an aromatic ring is 1. The lowest BCUT2D eigenvalue weighted by atomic mass is 9.97. The van der Waals surface area contributed by atoms with Crippen LogP contribution >= 0.6 is 0 Å². The Morgan fingerprint density at radius 2 is 1.88 bits per heavy atom. The number of nitrogens with one attached hydrogen (secondary N) is 1. The Morgan fingerprint density at radius 1 is 1.08 bits per heavy atom. The Bertz CT molecular complexity index is 920. The fourth-order valence-corrected chi connectivity index (χ4v) is 3.53. The number of nitrogens with zero attached hydrogens (tertiary/aromatic N) is 1. The van der Waals surface area contributed by atoms with Gasteiger partial charge in [0, 0.05) is 23.3 Å². The second-order valence-electron chi connectivity index (χ2n) is 6.56. The third-order valence-electron chi connectivity index (χ3n) is 4.88. The molecular formula is C21H23N3O2. The lowest BCUT2D eigenvalue weighted by Gasteiger charge is -2.25. The minimum Gasteiger partial charge on any atom is -0.495 e. The van der Waals surface area contributed by atoms with E-state index in [1.807, 2.05) is 42.7 Å². The molecule has 0 saturated carbocycles. The zero-order valence-corrected chi connectivity index (χ0v) is 14.9. The van der Waals surface area contributed by atoms with E-state index in [2.05, 4.69) is 16.4 Å². The van der Waals surface area contributed by atoms with E-state index in [0.29, 0.717) is 11.4 Å². The molecule has 4 rings (SSSR count). The van der Waals surface area contributed by atoms with E-state index in [9.17, 15) is 0 Å². The normalized spacial score (nSPS) is 15.1. The van der Waals surface area contributed by atoms with Gasteiger partial charge in [-0.1, -0.05) is 6.07 Å². The number of anilines is 1. The van der Waals surface area contributed by atoms with E-state index in [1.165, 1.54) is 0 Å². The van der Waals surface area contributed by atoms with Crippen LogP contribution in [0.25, 0.3) is 21.9 Å². The third kappa shape index (κ3) is 3.18. The van der Waals surface area contributed by atoms with Gasteiger partial charge in [0.05, 0.1) is 12.8 Å². The third-order valence-corrected chi connectivity index (χ3v) is 4.88. The number of aromatic nitrogens is 1. The lowest BCUT2D eigenvalue weighted by Crippen LogP contribution is -2.34. The smallest absolute Gasteiger partial charge is 0.141 e. The molecule has 0 radical (unpaired) electrons. The van der Waals surface area contributed by atoms with Crippen LogP contribution in [0.2, 0.25) is 0 Å². The average Bonchev–Trinajstić information content (AvgIpc) is 2.68. The van der Waals surface area contributed by atoms with Crippen molar-refractivity contribution in [3.8, 4) is 22.6 Å². The SMILES string of the molecule is COc1ccc(-c2c(OC3CCNCC3)ccc3cnccc23)cc1N. The van der Waals surface area contributed by atoms with Crippen LogP contribution < -0.4 is 20.5 Å². The van der Waals surface area contributed by atoms with Gasteiger partial charge in [0.15, 0.2) is 0 Å². The highest BCUT2D eigenvalue weighted by atomic mass is 16.5. The maximum atomic E-state index is 6.41. The van der Waals surface area contributed by atoms with Crippen molar-refractivity contribution in [3.63, 3.8) is 0 Å². The van der Waals surface area contributed by atoms with Crippen LogP contribution in [0.4, 0.5) is 5.69 Å². The monoisotopic (exact) mass is 349 g/mol. The molecule has 0 aliphatic carbocycles. The molecule has 3 N–H and O–H groups in total. The van der Waals surface area contributed by atoms with Gasteiger partial charge >= 0.3 is 0 Å². The summed E-state index contributed by atoms with van der Waals surface area (Å²) in [6.07, 6.45) is 5.94. The molecule has 2 aromatic carbocycles. The number of hydrogen-bond donors (Lipinski definition) is 2. The zero-order chi connectivity index (χ0) is 17.9. The van der Waals surface area contributed by atoms with Crippen LogP contribution in [0, 0.1) is 0 Å². The molecule has 2 heterocycles. The first-order chi connectivity index (χ1) is 12.8. The number of benzene rings is 2. The van der Waals surface area contributed by atoms with Crippen molar-refractivity contribution < 1.29 is 9.47 Å². The summed E-state index contributed by atoms with van der Waals surface area (Å²) in [6.45, 7) is 1.99. The van der Waals surface area contributed by atoms with Crippen LogP contribution in [0.5, 0.6) is 11.5 Å². The number of ether oxygens (including phenoxy) is 2. The van der Waals surface area contributed by atoms with E-state index < -0.39 is 0 Å². The Hall–Kier alpha value is -2.79. The lowest BCUT2D eigenvalue weighted by molar-refractivity contribution is 0.163. The predicted octanol–water partition coefficient (Wildman–Crippen LogP) is 3.62. The van der Waals surface area contributed by atoms with Gasteiger partial charge in [0.25, 0.3) is 0 Å². The molecule has 26 heavy (non-hydrogen) atoms. The number of piperidine rings is 1. The van der Waals surface area contributed by atoms with Crippen molar-refractivity contribution in [1.82, 2.24) is 10.3 Å². The topological polar surface area (TPSA) is 69.4 Å². The predicted molar refractivity (Wildman–Crippen MR) is 105 cm³/mol. The van der Waals surface area contributed by atoms with Crippen LogP contribution in [-0.4, -0.2) is 31.3 Å². The summed E-state index contributed by atoms with van der Waals surface area (Å²) in [5, 5.41) is 5.56. The second kappa shape index (κ2) is 7.22. The van der Waals surface area contributed by atoms with E-state index in [1.54, 1.807) is 7.11 Å². The largest absolute Gasteiger partial charge is 0.495 e. The Morgan fingerprint density at radius 3 is 2.65 bits per heavy atom. The van der Waals surface area contributed by atoms with Crippen molar-refractivity contribution in [3.05, 3.63) is 48.8 Å². The minimum atomic E-state index is 0.227. The highest BCUT2D eigenvalue weighted by Gasteiger charge is 2.19. The summed E-state index contributed by atoms with van der Waals surface area (Å²) < 4.78 is 11.7. The van der Waals surface area contributed by atoms with Crippen molar-refractivity contribution >= 4 is 16.5 Å². The van der Waals surface area contributed by atoms with Crippen molar-refractivity contribution in [1.29, 1.82) is 0 Å². The van der Waals surface area contributed by atoms with Gasteiger partial charge < -0.3 is 20.5 Å². The first-order valence-electron chi connectivity index (χ1n) is 8.94. The first kappa shape index (κ1) is 16.7. The zero-order valence-electron chi connectivity index (χ0n) is 14.9. The van der Waals surface area contributed by atoms with Gasteiger partial charge in [-0.2, -0.15) is 0 Å². The van der Waals surface area contributed by atoms with Crippen LogP contribution in [0.15, 0.2) is 48.8 Å². The number of fused-ring (bicyclic) bond motifs is 1. The van der Waals surface area contributed by atoms with Crippen LogP contribution in [0.3, 0.4) is 0 Å². The molecule has 0 amide bonds. The molecule has 1 aliphatic heterocycles. The first-order valence-corrected chi connectivity index (χ1v) is 8.94. The fourth-order valence-electron chi connectivity index (χ4n) is 3.53. The summed E-state index contributed by atoms with van der Waals surface area (Å²) in [4.78, 5) is 4.24. The number of pyridine rings is 1. The maximum absolute atomic E-state index is 6.41. The molecule has 0 atom stereocenters. The highest BCUT2D eigenvalue weighted by molar-refractivity contribution is 5.99. The standard InChI is InChI=1S/C21H23N3O2/c1-25-19-4-2-14(12-18(19)22)21-17-8-11-24-13-15(17)3-5-20(21)26-16-6-9-23-10-7-16/h2-5,8,11-13,16,23H,6-7,9-10,22H2,1H3. The van der Waals surface area contributed by atoms with Crippen molar-refractivity contribution in [2.45, 2.75) is 18.9 Å². The molecule has 0 unspecified atom stereocenters. The molecule has 1 aliphatic rings. The maximum Gasteiger partial charge on any atom is 0.141 e. The molecule has 1 saturated heterocycles. The van der Waals surface area contributed by atoms with Gasteiger partial charge in [0.2, 0.25) is 0 Å². The van der Waals surface area contributed by atoms with Crippen LogP contribution in [0.1, 0.15) is 12.8 Å². The average molecular weight is 349 g/mol. The van der Waals surface area contributed by atoms with Gasteiger partial charge in [-0.3, -0.25) is 4.98 Å². The summed E-state index contributed by atoms with van der Waals surface area (Å²) in [5.41, 5.74) is 8.85. The Labute approximate surface area is 153 Å². The summed E-state index contributed by atoms with van der Waals surface area (Å²) in [7, 11) is 1.63. The van der Waals surface area contributed by atoms with E-state index in [0.717, 1.165) is 53.6 Å². The van der Waals surface area contributed by atoms with Crippen molar-refractivity contribution in [2.75, 3.05) is 25.9 Å². The second-order valence-corrected chi connectivity index (χ2v) is 6.56. The summed E-state index contributed by atoms with van der Waals surface area (Å²) >= 11 is 0. The molecule has 3 aromatic rings. The molecular weight excluding hydrogens is 326 g/mol. The number of nitrogens with two attached hydrogens (primary N) is 1. The Balaban J connectivity index is 1.84. The summed E-state index contributed by atoms with van der Waals surface area (Å²) in [6, 6.07) is 12.0. The van der Waals surface area contributed by atoms with Gasteiger partial charge in [0.1, 0.15) is 17.6 Å². The van der Waals surface area contributed by atoms with Crippen LogP contribution in [-0.2, 0) is 0 Å². The molecule has 1 aromatic heterocycles. The molecule has 134 valence electrons. The molecule has 5 nitrogen and oxygen atoms in total. The van der Waals surface area contributed by atoms with Gasteiger partial charge in [-0.05, 0) is 67.2 Å². The van der Waals surface area contributed by atoms with E-state index >= 15 is 0 Å². The molecule has 0 spiro atoms. The van der Waals surface area contributed by atoms with Gasteiger partial charge in [-0.15, -0.1) is 0 Å². The minimum absolute atomic E-state index is 0.227. The molecule has 1 fully saturated rings. The van der Waals surface area contributed by atoms with Crippen molar-refractivity contribution in [2.24, 2.45) is 0 Å². The van der Waals surface area contributed by atoms with E-state index in [4.69, 9.17) is 15.2 Å². The number of rotatable bonds is 4. The Kier molecular flexibility index (Phi) is 4.63. The fraction of sp³-hybridized carbons (Fsp3) is 0.286. The summed E-state index contributed by atoms with van der Waals surface area (Å²) in [5.74, 6) is 1.57. The quantitative estimate of drug-likeness (QED) is 0.704. The highest BCUT2D eigenvalue weighted by Crippen LogP contribution is 2.40. The molecule has 0 bridgehead atoms. The van der Waals surface area contributed by atoms with E-state index in [-0.39, 0.29) is 6.10 Å². The number of hydrogen-bond acceptors (Lipinski definition) is 5.